The van der Waals surface area contributed by atoms with Crippen molar-refractivity contribution in [3.05, 3.63) is 36.5 Å². The van der Waals surface area contributed by atoms with E-state index in [-0.39, 0.29) is 0 Å². The summed E-state index contributed by atoms with van der Waals surface area (Å²) in [5.41, 5.74) is 0.999. The second-order valence-electron chi connectivity index (χ2n) is 2.44. The van der Waals surface area contributed by atoms with Crippen molar-refractivity contribution in [2.45, 2.75) is 0 Å². The van der Waals surface area contributed by atoms with E-state index in [9.17, 15) is 0 Å². The summed E-state index contributed by atoms with van der Waals surface area (Å²) in [5, 5.41) is 1.13. The summed E-state index contributed by atoms with van der Waals surface area (Å²) in [6.45, 7) is 0. The first kappa shape index (κ1) is 7.18. The number of benzene rings is 1. The van der Waals surface area contributed by atoms with Crippen LogP contribution in [-0.4, -0.2) is 11.8 Å². The van der Waals surface area contributed by atoms with E-state index in [2.05, 4.69) is 4.89 Å². The normalized spacial score (nSPS) is 10.4. The van der Waals surface area contributed by atoms with Crippen LogP contribution in [0.25, 0.3) is 10.9 Å². The molecule has 0 unspecified atom stereocenters. The van der Waals surface area contributed by atoms with Crippen molar-refractivity contribution in [3.8, 4) is 0 Å². The fourth-order valence-electron chi connectivity index (χ4n) is 1.20. The lowest BCUT2D eigenvalue weighted by molar-refractivity contribution is -0.267. The van der Waals surface area contributed by atoms with E-state index in [0.717, 1.165) is 10.9 Å². The standard InChI is InChI=1S/C9H9NO2/c1-11-12-10-7-6-8-4-2-3-5-9(8)10/h2-7H,1H3. The third-order valence-corrected chi connectivity index (χ3v) is 1.72. The van der Waals surface area contributed by atoms with Crippen LogP contribution in [-0.2, 0) is 4.89 Å². The number of aromatic nitrogens is 1. The maximum atomic E-state index is 4.88. The lowest BCUT2D eigenvalue weighted by Gasteiger charge is -2.01. The van der Waals surface area contributed by atoms with Gasteiger partial charge in [0.05, 0.1) is 12.6 Å². The fourth-order valence-corrected chi connectivity index (χ4v) is 1.20. The molecule has 0 saturated heterocycles. The van der Waals surface area contributed by atoms with Gasteiger partial charge in [0.1, 0.15) is 0 Å². The average Bonchev–Trinajstić information content (AvgIpc) is 2.50. The topological polar surface area (TPSA) is 23.4 Å². The molecule has 0 saturated carbocycles. The van der Waals surface area contributed by atoms with Crippen LogP contribution in [0.2, 0.25) is 0 Å². The molecule has 0 aliphatic heterocycles. The van der Waals surface area contributed by atoms with Gasteiger partial charge in [0, 0.05) is 11.6 Å². The fraction of sp³-hybridized carbons (Fsp3) is 0.111. The maximum absolute atomic E-state index is 4.88. The Bertz CT molecular complexity index is 381. The molecule has 0 bridgehead atoms. The number of fused-ring (bicyclic) bond motifs is 1. The number of hydrogen-bond acceptors (Lipinski definition) is 2. The van der Waals surface area contributed by atoms with Crippen LogP contribution in [0.3, 0.4) is 0 Å². The number of rotatable bonds is 2. The number of nitrogens with zero attached hydrogens (tertiary/aromatic N) is 1. The van der Waals surface area contributed by atoms with Gasteiger partial charge in [0.15, 0.2) is 0 Å². The molecule has 2 aromatic rings. The van der Waals surface area contributed by atoms with Gasteiger partial charge in [-0.1, -0.05) is 18.2 Å². The van der Waals surface area contributed by atoms with Crippen molar-refractivity contribution in [2.24, 2.45) is 0 Å². The summed E-state index contributed by atoms with van der Waals surface area (Å²) in [7, 11) is 1.48. The average molecular weight is 163 g/mol. The number of hydrogen-bond donors (Lipinski definition) is 0. The molecule has 0 N–H and O–H groups in total. The van der Waals surface area contributed by atoms with Gasteiger partial charge >= 0.3 is 0 Å². The molecule has 0 amide bonds. The van der Waals surface area contributed by atoms with Crippen LogP contribution < -0.4 is 4.99 Å². The first-order valence-electron chi connectivity index (χ1n) is 3.69. The highest BCUT2D eigenvalue weighted by atomic mass is 17.3. The largest absolute Gasteiger partial charge is 0.240 e. The van der Waals surface area contributed by atoms with Gasteiger partial charge in [-0.05, 0) is 12.1 Å². The second kappa shape index (κ2) is 2.87. The third kappa shape index (κ3) is 1.04. The zero-order chi connectivity index (χ0) is 8.39. The molecular formula is C9H9NO2. The maximum Gasteiger partial charge on any atom is 0.0904 e. The first-order chi connectivity index (χ1) is 5.92. The molecule has 0 spiro atoms. The van der Waals surface area contributed by atoms with E-state index in [1.807, 2.05) is 36.5 Å². The predicted octanol–water partition coefficient (Wildman–Crippen LogP) is 1.63. The molecule has 1 aromatic heterocycles. The zero-order valence-corrected chi connectivity index (χ0v) is 6.73. The van der Waals surface area contributed by atoms with Crippen molar-refractivity contribution < 1.29 is 9.88 Å². The lowest BCUT2D eigenvalue weighted by atomic mass is 10.3. The van der Waals surface area contributed by atoms with Gasteiger partial charge in [-0.15, -0.1) is 0 Å². The van der Waals surface area contributed by atoms with E-state index < -0.39 is 0 Å². The summed E-state index contributed by atoms with van der Waals surface area (Å²) in [4.78, 5) is 9.43. The highest BCUT2D eigenvalue weighted by Crippen LogP contribution is 2.13. The smallest absolute Gasteiger partial charge is 0.0904 e. The summed E-state index contributed by atoms with van der Waals surface area (Å²) in [5.74, 6) is 0. The monoisotopic (exact) mass is 163 g/mol. The Morgan fingerprint density at radius 2 is 2.00 bits per heavy atom. The van der Waals surface area contributed by atoms with Crippen molar-refractivity contribution in [3.63, 3.8) is 0 Å². The van der Waals surface area contributed by atoms with Crippen LogP contribution in [0.15, 0.2) is 36.5 Å². The van der Waals surface area contributed by atoms with E-state index >= 15 is 0 Å². The lowest BCUT2D eigenvalue weighted by Crippen LogP contribution is -2.07. The Morgan fingerprint density at radius 3 is 2.83 bits per heavy atom. The Morgan fingerprint density at radius 1 is 1.17 bits per heavy atom. The predicted molar refractivity (Wildman–Crippen MR) is 45.5 cm³/mol. The van der Waals surface area contributed by atoms with Crippen molar-refractivity contribution in [1.82, 2.24) is 4.73 Å². The molecule has 3 nitrogen and oxygen atoms in total. The quantitative estimate of drug-likeness (QED) is 0.496. The molecule has 12 heavy (non-hydrogen) atoms. The summed E-state index contributed by atoms with van der Waals surface area (Å²) >= 11 is 0. The van der Waals surface area contributed by atoms with Crippen LogP contribution >= 0.6 is 0 Å². The van der Waals surface area contributed by atoms with Crippen molar-refractivity contribution in [2.75, 3.05) is 7.11 Å². The summed E-state index contributed by atoms with van der Waals surface area (Å²) in [6, 6.07) is 9.89. The molecule has 1 aromatic carbocycles. The minimum Gasteiger partial charge on any atom is -0.240 e. The molecular weight excluding hydrogens is 154 g/mol. The van der Waals surface area contributed by atoms with Gasteiger partial charge < -0.3 is 0 Å². The molecule has 0 aliphatic rings. The molecule has 1 heterocycles. The Kier molecular flexibility index (Phi) is 1.72. The highest BCUT2D eigenvalue weighted by molar-refractivity contribution is 5.79. The summed E-state index contributed by atoms with van der Waals surface area (Å²) in [6.07, 6.45) is 1.81. The van der Waals surface area contributed by atoms with Crippen molar-refractivity contribution in [1.29, 1.82) is 0 Å². The third-order valence-electron chi connectivity index (χ3n) is 1.72. The minimum atomic E-state index is 0.999. The second-order valence-corrected chi connectivity index (χ2v) is 2.44. The Hall–Kier alpha value is -1.48. The Labute approximate surface area is 70.0 Å². The van der Waals surface area contributed by atoms with Crippen LogP contribution in [0.1, 0.15) is 0 Å². The minimum absolute atomic E-state index is 0.999. The summed E-state index contributed by atoms with van der Waals surface area (Å²) < 4.78 is 1.58. The highest BCUT2D eigenvalue weighted by Gasteiger charge is 1.98. The van der Waals surface area contributed by atoms with Gasteiger partial charge in [-0.25, -0.2) is 4.99 Å². The van der Waals surface area contributed by atoms with E-state index in [0.29, 0.717) is 0 Å². The van der Waals surface area contributed by atoms with E-state index in [4.69, 9.17) is 4.99 Å². The van der Waals surface area contributed by atoms with Gasteiger partial charge in [0.2, 0.25) is 0 Å². The van der Waals surface area contributed by atoms with Gasteiger partial charge in [-0.2, -0.15) is 9.62 Å². The van der Waals surface area contributed by atoms with Crippen LogP contribution in [0.5, 0.6) is 0 Å². The molecule has 3 heteroatoms. The number of para-hydroxylation sites is 1. The molecule has 0 atom stereocenters. The first-order valence-corrected chi connectivity index (χ1v) is 3.69. The molecule has 62 valence electrons. The van der Waals surface area contributed by atoms with Crippen LogP contribution in [0, 0.1) is 0 Å². The van der Waals surface area contributed by atoms with Crippen molar-refractivity contribution >= 4 is 10.9 Å². The van der Waals surface area contributed by atoms with E-state index in [1.165, 1.54) is 7.11 Å². The Balaban J connectivity index is 2.55. The zero-order valence-electron chi connectivity index (χ0n) is 6.73. The molecule has 0 radical (unpaired) electrons. The molecule has 0 fully saturated rings. The van der Waals surface area contributed by atoms with Gasteiger partial charge in [0.25, 0.3) is 0 Å². The van der Waals surface area contributed by atoms with Crippen LogP contribution in [0.4, 0.5) is 0 Å². The SMILES string of the molecule is COOn1ccc2ccccc21. The molecule has 2 rings (SSSR count). The molecule has 0 aliphatic carbocycles. The van der Waals surface area contributed by atoms with Gasteiger partial charge in [-0.3, -0.25) is 0 Å². The van der Waals surface area contributed by atoms with E-state index in [1.54, 1.807) is 4.73 Å².